The van der Waals surface area contributed by atoms with Gasteiger partial charge in [0.2, 0.25) is 5.91 Å². The van der Waals surface area contributed by atoms with Gasteiger partial charge >= 0.3 is 0 Å². The maximum Gasteiger partial charge on any atom is 0.292 e. The van der Waals surface area contributed by atoms with Gasteiger partial charge in [-0.1, -0.05) is 12.1 Å². The molecule has 2 fully saturated rings. The Morgan fingerprint density at radius 2 is 1.87 bits per heavy atom. The molecule has 3 rings (SSSR count). The minimum Gasteiger partial charge on any atom is -0.354 e. The first kappa shape index (κ1) is 15.7. The molecular weight excluding hydrogens is 296 g/mol. The Bertz CT molecular complexity index is 599. The second kappa shape index (κ2) is 6.54. The molecule has 0 saturated carbocycles. The van der Waals surface area contributed by atoms with Crippen molar-refractivity contribution in [1.29, 1.82) is 0 Å². The number of nitro groups is 1. The van der Waals surface area contributed by atoms with Crippen LogP contribution in [0.2, 0.25) is 0 Å². The molecule has 1 aromatic rings. The Morgan fingerprint density at radius 1 is 1.17 bits per heavy atom. The molecule has 2 saturated heterocycles. The predicted octanol–water partition coefficient (Wildman–Crippen LogP) is 1.34. The summed E-state index contributed by atoms with van der Waals surface area (Å²) in [7, 11) is 2.05. The molecule has 0 bridgehead atoms. The van der Waals surface area contributed by atoms with Crippen LogP contribution < -0.4 is 4.90 Å². The molecule has 2 aliphatic rings. The zero-order valence-electron chi connectivity index (χ0n) is 13.4. The summed E-state index contributed by atoms with van der Waals surface area (Å²) in [6, 6.07) is 6.42. The minimum atomic E-state index is -0.370. The number of amides is 1. The van der Waals surface area contributed by atoms with E-state index in [-0.39, 0.29) is 22.6 Å². The molecule has 7 heteroatoms. The van der Waals surface area contributed by atoms with Crippen molar-refractivity contribution in [3.8, 4) is 0 Å². The van der Waals surface area contributed by atoms with Gasteiger partial charge in [0.15, 0.2) is 0 Å². The Hall–Kier alpha value is -2.15. The number of nitrogens with zero attached hydrogens (tertiary/aromatic N) is 4. The van der Waals surface area contributed by atoms with E-state index in [1.54, 1.807) is 18.2 Å². The Labute approximate surface area is 135 Å². The highest BCUT2D eigenvalue weighted by Crippen LogP contribution is 2.33. The molecule has 124 valence electrons. The maximum atomic E-state index is 12.9. The number of hydrogen-bond acceptors (Lipinski definition) is 5. The SMILES string of the molecule is CN1CCN(C(=O)[C@H]2CCCN2c2ccccc2[N+](=O)[O-])CC1. The van der Waals surface area contributed by atoms with E-state index in [1.165, 1.54) is 6.07 Å². The molecular formula is C16H22N4O3. The first-order chi connectivity index (χ1) is 11.1. The van der Waals surface area contributed by atoms with Crippen molar-refractivity contribution < 1.29 is 9.72 Å². The van der Waals surface area contributed by atoms with Crippen molar-refractivity contribution in [2.45, 2.75) is 18.9 Å². The van der Waals surface area contributed by atoms with Gasteiger partial charge in [-0.2, -0.15) is 0 Å². The normalized spacial score (nSPS) is 22.4. The van der Waals surface area contributed by atoms with Gasteiger partial charge in [0.1, 0.15) is 11.7 Å². The van der Waals surface area contributed by atoms with Gasteiger partial charge in [0.25, 0.3) is 5.69 Å². The van der Waals surface area contributed by atoms with E-state index in [2.05, 4.69) is 11.9 Å². The van der Waals surface area contributed by atoms with Crippen LogP contribution in [0.5, 0.6) is 0 Å². The lowest BCUT2D eigenvalue weighted by Crippen LogP contribution is -2.53. The Balaban J connectivity index is 1.81. The van der Waals surface area contributed by atoms with E-state index >= 15 is 0 Å². The summed E-state index contributed by atoms with van der Waals surface area (Å²) in [4.78, 5) is 29.8. The van der Waals surface area contributed by atoms with E-state index in [0.29, 0.717) is 12.2 Å². The van der Waals surface area contributed by atoms with Crippen LogP contribution in [0.4, 0.5) is 11.4 Å². The third kappa shape index (κ3) is 3.14. The molecule has 0 spiro atoms. The van der Waals surface area contributed by atoms with Crippen LogP contribution in [-0.2, 0) is 4.79 Å². The second-order valence-corrected chi connectivity index (χ2v) is 6.23. The lowest BCUT2D eigenvalue weighted by atomic mass is 10.1. The zero-order chi connectivity index (χ0) is 16.4. The second-order valence-electron chi connectivity index (χ2n) is 6.23. The third-order valence-corrected chi connectivity index (χ3v) is 4.74. The van der Waals surface area contributed by atoms with Crippen LogP contribution in [0.15, 0.2) is 24.3 Å². The highest BCUT2D eigenvalue weighted by molar-refractivity contribution is 5.87. The molecule has 0 aliphatic carbocycles. The molecule has 0 unspecified atom stereocenters. The molecule has 1 aromatic carbocycles. The molecule has 1 atom stereocenters. The van der Waals surface area contributed by atoms with Gasteiger partial charge in [-0.25, -0.2) is 0 Å². The average Bonchev–Trinajstić information content (AvgIpc) is 3.04. The monoisotopic (exact) mass is 318 g/mol. The van der Waals surface area contributed by atoms with Gasteiger partial charge < -0.3 is 14.7 Å². The van der Waals surface area contributed by atoms with E-state index in [0.717, 1.165) is 39.0 Å². The number of hydrogen-bond donors (Lipinski definition) is 0. The fourth-order valence-corrected chi connectivity index (χ4v) is 3.41. The van der Waals surface area contributed by atoms with Gasteiger partial charge in [0, 0.05) is 38.8 Å². The number of carbonyl (C=O) groups excluding carboxylic acids is 1. The topological polar surface area (TPSA) is 69.9 Å². The standard InChI is InChI=1S/C16H22N4O3/c1-17-9-11-18(12-10-17)16(21)15-7-4-8-19(15)13-5-2-3-6-14(13)20(22)23/h2-3,5-6,15H,4,7-12H2,1H3/t15-/m1/s1. The number of carbonyl (C=O) groups is 1. The van der Waals surface area contributed by atoms with Gasteiger partial charge in [-0.15, -0.1) is 0 Å². The summed E-state index contributed by atoms with van der Waals surface area (Å²) in [6.45, 7) is 3.91. The largest absolute Gasteiger partial charge is 0.354 e. The fourth-order valence-electron chi connectivity index (χ4n) is 3.41. The highest BCUT2D eigenvalue weighted by Gasteiger charge is 2.37. The van der Waals surface area contributed by atoms with E-state index in [1.807, 2.05) is 9.80 Å². The lowest BCUT2D eigenvalue weighted by Gasteiger charge is -2.36. The van der Waals surface area contributed by atoms with Crippen LogP contribution in [0.3, 0.4) is 0 Å². The molecule has 0 radical (unpaired) electrons. The van der Waals surface area contributed by atoms with Crippen LogP contribution in [-0.4, -0.2) is 66.4 Å². The number of rotatable bonds is 3. The molecule has 0 N–H and O–H groups in total. The van der Waals surface area contributed by atoms with Crippen LogP contribution in [0.1, 0.15) is 12.8 Å². The van der Waals surface area contributed by atoms with Gasteiger partial charge in [0.05, 0.1) is 4.92 Å². The number of likely N-dealkylation sites (N-methyl/N-ethyl adjacent to an activating group) is 1. The highest BCUT2D eigenvalue weighted by atomic mass is 16.6. The lowest BCUT2D eigenvalue weighted by molar-refractivity contribution is -0.384. The van der Waals surface area contributed by atoms with Crippen molar-refractivity contribution in [3.05, 3.63) is 34.4 Å². The van der Waals surface area contributed by atoms with Crippen LogP contribution in [0.25, 0.3) is 0 Å². The third-order valence-electron chi connectivity index (χ3n) is 4.74. The van der Waals surface area contributed by atoms with Crippen molar-refractivity contribution in [2.24, 2.45) is 0 Å². The maximum absolute atomic E-state index is 12.9. The summed E-state index contributed by atoms with van der Waals surface area (Å²) in [5, 5.41) is 11.3. The summed E-state index contributed by atoms with van der Waals surface area (Å²) < 4.78 is 0. The smallest absolute Gasteiger partial charge is 0.292 e. The number of para-hydroxylation sites is 2. The summed E-state index contributed by atoms with van der Waals surface area (Å²) in [5.41, 5.74) is 0.632. The molecule has 1 amide bonds. The first-order valence-electron chi connectivity index (χ1n) is 8.05. The zero-order valence-corrected chi connectivity index (χ0v) is 13.4. The van der Waals surface area contributed by atoms with Gasteiger partial charge in [-0.05, 0) is 26.0 Å². The molecule has 23 heavy (non-hydrogen) atoms. The molecule has 7 nitrogen and oxygen atoms in total. The van der Waals surface area contributed by atoms with E-state index < -0.39 is 0 Å². The van der Waals surface area contributed by atoms with Crippen molar-refractivity contribution in [3.63, 3.8) is 0 Å². The Kier molecular flexibility index (Phi) is 4.47. The molecule has 2 heterocycles. The first-order valence-corrected chi connectivity index (χ1v) is 8.05. The van der Waals surface area contributed by atoms with Crippen molar-refractivity contribution in [2.75, 3.05) is 44.7 Å². The van der Waals surface area contributed by atoms with Crippen molar-refractivity contribution >= 4 is 17.3 Å². The van der Waals surface area contributed by atoms with Crippen molar-refractivity contribution in [1.82, 2.24) is 9.80 Å². The van der Waals surface area contributed by atoms with E-state index in [4.69, 9.17) is 0 Å². The number of nitro benzene ring substituents is 1. The molecule has 2 aliphatic heterocycles. The van der Waals surface area contributed by atoms with Crippen LogP contribution in [0, 0.1) is 10.1 Å². The summed E-state index contributed by atoms with van der Waals surface area (Å²) in [5.74, 6) is 0.105. The number of benzene rings is 1. The van der Waals surface area contributed by atoms with Gasteiger partial charge in [-0.3, -0.25) is 14.9 Å². The summed E-state index contributed by atoms with van der Waals surface area (Å²) in [6.07, 6.45) is 1.65. The number of anilines is 1. The number of piperazine rings is 1. The Morgan fingerprint density at radius 3 is 2.57 bits per heavy atom. The summed E-state index contributed by atoms with van der Waals surface area (Å²) >= 11 is 0. The minimum absolute atomic E-state index is 0.0746. The van der Waals surface area contributed by atoms with E-state index in [9.17, 15) is 14.9 Å². The predicted molar refractivity (Wildman–Crippen MR) is 87.5 cm³/mol. The fraction of sp³-hybridized carbons (Fsp3) is 0.562. The van der Waals surface area contributed by atoms with Crippen LogP contribution >= 0.6 is 0 Å². The average molecular weight is 318 g/mol. The molecule has 0 aromatic heterocycles. The quantitative estimate of drug-likeness (QED) is 0.621.